The number of hydrogen-bond donors (Lipinski definition) is 1. The first-order valence-corrected chi connectivity index (χ1v) is 13.0. The molecule has 0 radical (unpaired) electrons. The van der Waals surface area contributed by atoms with Crippen LogP contribution in [0.25, 0.3) is 0 Å². The first-order valence-electron chi connectivity index (χ1n) is 11.5. The first-order chi connectivity index (χ1) is 16.0. The molecule has 11 nitrogen and oxygen atoms in total. The standard InChI is InChI=1S/C22H36N6O5S/c1-22(2,3)24-20(29)16-25(4)21(30)17-26-7-9-27(10-8-26)19-6-5-18(15-23-19)34(31,32)28-11-13-33-14-12-28/h5-6,15H,7-14,16-17H2,1-4H3,(H,24,29). The van der Waals surface area contributed by atoms with Crippen LogP contribution in [-0.4, -0.2) is 117 Å². The van der Waals surface area contributed by atoms with Crippen LogP contribution in [0.15, 0.2) is 23.2 Å². The minimum absolute atomic E-state index is 0.0275. The van der Waals surface area contributed by atoms with Crippen molar-refractivity contribution in [3.63, 3.8) is 0 Å². The fraction of sp³-hybridized carbons (Fsp3) is 0.682. The summed E-state index contributed by atoms with van der Waals surface area (Å²) in [5.74, 6) is 0.425. The Morgan fingerprint density at radius 3 is 2.29 bits per heavy atom. The summed E-state index contributed by atoms with van der Waals surface area (Å²) in [4.78, 5) is 34.7. The Labute approximate surface area is 202 Å². The van der Waals surface area contributed by atoms with E-state index in [9.17, 15) is 18.0 Å². The van der Waals surface area contributed by atoms with Crippen LogP contribution in [0.3, 0.4) is 0 Å². The van der Waals surface area contributed by atoms with E-state index < -0.39 is 10.0 Å². The smallest absolute Gasteiger partial charge is 0.244 e. The highest BCUT2D eigenvalue weighted by Crippen LogP contribution is 2.20. The molecule has 3 rings (SSSR count). The van der Waals surface area contributed by atoms with Crippen molar-refractivity contribution < 1.29 is 22.7 Å². The van der Waals surface area contributed by atoms with Crippen LogP contribution in [0.2, 0.25) is 0 Å². The SMILES string of the molecule is CN(CC(=O)NC(C)(C)C)C(=O)CN1CCN(c2ccc(S(=O)(=O)N3CCOCC3)cn2)CC1. The van der Waals surface area contributed by atoms with Gasteiger partial charge in [-0.3, -0.25) is 14.5 Å². The van der Waals surface area contributed by atoms with Crippen molar-refractivity contribution in [1.29, 1.82) is 0 Å². The maximum absolute atomic E-state index is 12.8. The largest absolute Gasteiger partial charge is 0.379 e. The number of likely N-dealkylation sites (N-methyl/N-ethyl adjacent to an activating group) is 1. The lowest BCUT2D eigenvalue weighted by molar-refractivity contribution is -0.136. The normalized spacial score (nSPS) is 18.5. The zero-order valence-corrected chi connectivity index (χ0v) is 21.3. The van der Waals surface area contributed by atoms with Gasteiger partial charge in [-0.2, -0.15) is 4.31 Å². The number of anilines is 1. The minimum Gasteiger partial charge on any atom is -0.379 e. The molecule has 12 heteroatoms. The van der Waals surface area contributed by atoms with Gasteiger partial charge in [0.2, 0.25) is 21.8 Å². The number of morpholine rings is 1. The molecular weight excluding hydrogens is 460 g/mol. The maximum atomic E-state index is 12.8. The van der Waals surface area contributed by atoms with Crippen molar-refractivity contribution in [3.8, 4) is 0 Å². The van der Waals surface area contributed by atoms with Crippen molar-refractivity contribution in [2.75, 3.05) is 77.5 Å². The van der Waals surface area contributed by atoms with E-state index in [-0.39, 0.29) is 35.3 Å². The average Bonchev–Trinajstić information content (AvgIpc) is 2.79. The van der Waals surface area contributed by atoms with E-state index in [0.29, 0.717) is 58.3 Å². The van der Waals surface area contributed by atoms with Gasteiger partial charge in [0, 0.05) is 58.1 Å². The number of sulfonamides is 1. The topological polar surface area (TPSA) is 115 Å². The summed E-state index contributed by atoms with van der Waals surface area (Å²) in [5, 5.41) is 2.86. The van der Waals surface area contributed by atoms with Gasteiger partial charge in [-0.05, 0) is 32.9 Å². The Balaban J connectivity index is 1.48. The Kier molecular flexibility index (Phi) is 8.50. The number of piperazine rings is 1. The molecule has 2 fully saturated rings. The second kappa shape index (κ2) is 11.0. The third-order valence-corrected chi connectivity index (χ3v) is 7.59. The zero-order valence-electron chi connectivity index (χ0n) is 20.5. The number of rotatable bonds is 7. The molecule has 1 N–H and O–H groups in total. The van der Waals surface area contributed by atoms with E-state index in [1.807, 2.05) is 25.7 Å². The number of carbonyl (C=O) groups excluding carboxylic acids is 2. The van der Waals surface area contributed by atoms with Gasteiger partial charge in [0.25, 0.3) is 0 Å². The van der Waals surface area contributed by atoms with Crippen LogP contribution in [-0.2, 0) is 24.3 Å². The summed E-state index contributed by atoms with van der Waals surface area (Å²) in [7, 11) is -1.93. The lowest BCUT2D eigenvalue weighted by Crippen LogP contribution is -2.51. The van der Waals surface area contributed by atoms with Crippen LogP contribution >= 0.6 is 0 Å². The molecule has 0 unspecified atom stereocenters. The second-order valence-corrected chi connectivity index (χ2v) is 11.6. The summed E-state index contributed by atoms with van der Waals surface area (Å²) in [6.45, 7) is 10.2. The minimum atomic E-state index is -3.57. The first kappa shape index (κ1) is 26.3. The van der Waals surface area contributed by atoms with Crippen LogP contribution in [0.4, 0.5) is 5.82 Å². The van der Waals surface area contributed by atoms with Gasteiger partial charge in [-0.25, -0.2) is 13.4 Å². The molecular formula is C22H36N6O5S. The van der Waals surface area contributed by atoms with E-state index in [2.05, 4.69) is 15.2 Å². The quantitative estimate of drug-likeness (QED) is 0.542. The van der Waals surface area contributed by atoms with Crippen LogP contribution in [0.1, 0.15) is 20.8 Å². The van der Waals surface area contributed by atoms with Gasteiger partial charge < -0.3 is 19.9 Å². The van der Waals surface area contributed by atoms with Crippen molar-refractivity contribution in [1.82, 2.24) is 24.4 Å². The van der Waals surface area contributed by atoms with Gasteiger partial charge in [0.1, 0.15) is 10.7 Å². The van der Waals surface area contributed by atoms with E-state index in [1.54, 1.807) is 19.2 Å². The molecule has 1 aromatic rings. The van der Waals surface area contributed by atoms with Gasteiger partial charge in [-0.15, -0.1) is 0 Å². The van der Waals surface area contributed by atoms with Crippen molar-refractivity contribution in [3.05, 3.63) is 18.3 Å². The molecule has 0 bridgehead atoms. The molecule has 0 aromatic carbocycles. The highest BCUT2D eigenvalue weighted by atomic mass is 32.2. The third-order valence-electron chi connectivity index (χ3n) is 5.70. The lowest BCUT2D eigenvalue weighted by Gasteiger charge is -2.35. The fourth-order valence-corrected chi connectivity index (χ4v) is 5.21. The molecule has 1 aromatic heterocycles. The molecule has 34 heavy (non-hydrogen) atoms. The van der Waals surface area contributed by atoms with Crippen molar-refractivity contribution in [2.45, 2.75) is 31.2 Å². The fourth-order valence-electron chi connectivity index (χ4n) is 3.86. The monoisotopic (exact) mass is 496 g/mol. The molecule has 0 spiro atoms. The number of nitrogens with zero attached hydrogens (tertiary/aromatic N) is 5. The van der Waals surface area contributed by atoms with E-state index in [4.69, 9.17) is 4.74 Å². The van der Waals surface area contributed by atoms with Crippen LogP contribution < -0.4 is 10.2 Å². The summed E-state index contributed by atoms with van der Waals surface area (Å²) in [5.41, 5.74) is -0.337. The zero-order chi connectivity index (χ0) is 24.9. The van der Waals surface area contributed by atoms with Gasteiger partial charge in [-0.1, -0.05) is 0 Å². The van der Waals surface area contributed by atoms with Gasteiger partial charge in [0.05, 0.1) is 26.3 Å². The van der Waals surface area contributed by atoms with E-state index in [1.165, 1.54) is 15.4 Å². The van der Waals surface area contributed by atoms with Gasteiger partial charge in [0.15, 0.2) is 0 Å². The van der Waals surface area contributed by atoms with Crippen molar-refractivity contribution in [2.24, 2.45) is 0 Å². The summed E-state index contributed by atoms with van der Waals surface area (Å²) in [6.07, 6.45) is 1.41. The molecule has 2 amide bonds. The molecule has 0 saturated carbocycles. The van der Waals surface area contributed by atoms with Gasteiger partial charge >= 0.3 is 0 Å². The molecule has 190 valence electrons. The number of amides is 2. The molecule has 0 atom stereocenters. The summed E-state index contributed by atoms with van der Waals surface area (Å²) in [6, 6.07) is 3.33. The maximum Gasteiger partial charge on any atom is 0.244 e. The number of nitrogens with one attached hydrogen (secondary N) is 1. The number of carbonyl (C=O) groups is 2. The Hall–Kier alpha value is -2.28. The molecule has 2 saturated heterocycles. The number of aromatic nitrogens is 1. The lowest BCUT2D eigenvalue weighted by atomic mass is 10.1. The molecule has 2 aliphatic rings. The average molecular weight is 497 g/mol. The highest BCUT2D eigenvalue weighted by Gasteiger charge is 2.27. The predicted octanol–water partition coefficient (Wildman–Crippen LogP) is -0.402. The van der Waals surface area contributed by atoms with E-state index in [0.717, 1.165) is 0 Å². The Morgan fingerprint density at radius 1 is 1.09 bits per heavy atom. The molecule has 3 heterocycles. The Morgan fingerprint density at radius 2 is 1.74 bits per heavy atom. The molecule has 0 aliphatic carbocycles. The van der Waals surface area contributed by atoms with Crippen LogP contribution in [0.5, 0.6) is 0 Å². The van der Waals surface area contributed by atoms with Crippen LogP contribution in [0, 0.1) is 0 Å². The Bertz CT molecular complexity index is 949. The summed E-state index contributed by atoms with van der Waals surface area (Å²) < 4.78 is 32.2. The second-order valence-electron chi connectivity index (χ2n) is 9.68. The summed E-state index contributed by atoms with van der Waals surface area (Å²) >= 11 is 0. The van der Waals surface area contributed by atoms with Crippen molar-refractivity contribution >= 4 is 27.7 Å². The predicted molar refractivity (Wildman–Crippen MR) is 128 cm³/mol. The third kappa shape index (κ3) is 7.11. The van der Waals surface area contributed by atoms with E-state index >= 15 is 0 Å². The number of pyridine rings is 1. The number of hydrogen-bond acceptors (Lipinski definition) is 8. The highest BCUT2D eigenvalue weighted by molar-refractivity contribution is 7.89. The molecule has 2 aliphatic heterocycles. The number of ether oxygens (including phenoxy) is 1.